The number of hydrogen-bond acceptors (Lipinski definition) is 16. The van der Waals surface area contributed by atoms with Gasteiger partial charge in [-0.2, -0.15) is 9.67 Å². The summed E-state index contributed by atoms with van der Waals surface area (Å²) < 4.78 is 53.0. The monoisotopic (exact) mass is 692 g/mol. The number of fused-ring (bicyclic) bond motifs is 5. The van der Waals surface area contributed by atoms with Crippen LogP contribution in [0.5, 0.6) is 0 Å². The maximum Gasteiger partial charge on any atom is 0.325 e. The number of imidazole rings is 1. The second kappa shape index (κ2) is 11.0. The summed E-state index contributed by atoms with van der Waals surface area (Å²) in [5.41, 5.74) is 11.7. The maximum absolute atomic E-state index is 16.0. The molecule has 4 aromatic rings. The average Bonchev–Trinajstić information content (AvgIpc) is 3.72. The largest absolute Gasteiger partial charge is 0.397 e. The lowest BCUT2D eigenvalue weighted by molar-refractivity contribution is -0.0616. The number of anilines is 2. The first-order valence-electron chi connectivity index (χ1n) is 12.8. The standard InChI is InChI=1S/C20H23FN10O9P2S2/c21-11-14-10(38-19(11)31-15-12(28-29-31)8(22)1-2-24-15)5-36-41(33,43)39-9-3-7(4-35-42(34,44)40-14)37-18(9)30-6-25-13-16(30)26-20(23)27-17(13)32/h1-2,6-7,9-11,14,18-19H,3-5H2,(H2,22,24)(H,33,43)(H,34,44)(H3,23,26,27,32)/t7-,9?,10+,11?,14-,18+,19+,41?,42?/m0/s1. The van der Waals surface area contributed by atoms with Crippen LogP contribution in [0.4, 0.5) is 16.0 Å². The molecule has 3 saturated heterocycles. The molecule has 19 nitrogen and oxygen atoms in total. The van der Waals surface area contributed by atoms with Crippen molar-refractivity contribution in [2.45, 2.75) is 49.5 Å². The number of aromatic nitrogens is 8. The van der Waals surface area contributed by atoms with Crippen LogP contribution in [0.1, 0.15) is 18.9 Å². The van der Waals surface area contributed by atoms with Crippen molar-refractivity contribution in [2.75, 3.05) is 24.7 Å². The quantitative estimate of drug-likeness (QED) is 0.172. The summed E-state index contributed by atoms with van der Waals surface area (Å²) in [6.07, 6.45) is -6.39. The molecule has 7 N–H and O–H groups in total. The van der Waals surface area contributed by atoms with Gasteiger partial charge in [0.15, 0.2) is 41.0 Å². The summed E-state index contributed by atoms with van der Waals surface area (Å²) >= 11 is 10.5. The molecule has 0 radical (unpaired) electrons. The Morgan fingerprint density at radius 2 is 1.80 bits per heavy atom. The molecule has 3 aliphatic heterocycles. The molecule has 4 unspecified atom stereocenters. The van der Waals surface area contributed by atoms with Crippen LogP contribution in [0.25, 0.3) is 22.3 Å². The first kappa shape index (κ1) is 30.1. The molecule has 3 fully saturated rings. The number of nitrogens with zero attached hydrogens (tertiary/aromatic N) is 7. The molecule has 0 saturated carbocycles. The molecule has 0 spiro atoms. The van der Waals surface area contributed by atoms with Crippen LogP contribution >= 0.6 is 13.4 Å². The summed E-state index contributed by atoms with van der Waals surface area (Å²) in [6, 6.07) is 1.51. The molecule has 24 heteroatoms. The molecule has 7 rings (SSSR count). The number of halogens is 1. The Bertz CT molecular complexity index is 1910. The third-order valence-corrected chi connectivity index (χ3v) is 10.3. The highest BCUT2D eigenvalue weighted by Gasteiger charge is 2.52. The van der Waals surface area contributed by atoms with Gasteiger partial charge < -0.3 is 44.3 Å². The Labute approximate surface area is 255 Å². The van der Waals surface area contributed by atoms with Crippen molar-refractivity contribution in [2.24, 2.45) is 0 Å². The number of nitrogen functional groups attached to an aromatic ring is 2. The zero-order valence-corrected chi connectivity index (χ0v) is 25.4. The van der Waals surface area contributed by atoms with Crippen molar-refractivity contribution >= 4 is 71.0 Å². The van der Waals surface area contributed by atoms with Crippen LogP contribution in [-0.2, 0) is 51.2 Å². The van der Waals surface area contributed by atoms with E-state index in [1.165, 1.54) is 23.2 Å². The predicted octanol–water partition coefficient (Wildman–Crippen LogP) is -0.102. The summed E-state index contributed by atoms with van der Waals surface area (Å²) in [7, 11) is 0. The molecule has 236 valence electrons. The third-order valence-electron chi connectivity index (χ3n) is 7.12. The van der Waals surface area contributed by atoms with E-state index in [9.17, 15) is 14.6 Å². The number of H-pyrrole nitrogens is 1. The molecule has 0 amide bonds. The number of hydrogen-bond donors (Lipinski definition) is 5. The Morgan fingerprint density at radius 3 is 2.61 bits per heavy atom. The molecule has 4 aromatic heterocycles. The van der Waals surface area contributed by atoms with Crippen molar-refractivity contribution < 1.29 is 41.7 Å². The predicted molar refractivity (Wildman–Crippen MR) is 154 cm³/mol. The van der Waals surface area contributed by atoms with Crippen molar-refractivity contribution in [3.05, 3.63) is 28.9 Å². The van der Waals surface area contributed by atoms with Crippen LogP contribution in [0.3, 0.4) is 0 Å². The lowest BCUT2D eigenvalue weighted by Gasteiger charge is -2.27. The van der Waals surface area contributed by atoms with Crippen LogP contribution in [0, 0.1) is 0 Å². The van der Waals surface area contributed by atoms with Crippen molar-refractivity contribution in [1.82, 2.24) is 39.5 Å². The number of rotatable bonds is 2. The summed E-state index contributed by atoms with van der Waals surface area (Å²) in [5, 5.41) is 7.88. The molecule has 0 aliphatic carbocycles. The molecule has 3 aliphatic rings. The second-order valence-corrected chi connectivity index (χ2v) is 15.6. The number of nitrogens with two attached hydrogens (primary N) is 2. The lowest BCUT2D eigenvalue weighted by atomic mass is 10.1. The smallest absolute Gasteiger partial charge is 0.325 e. The number of alkyl halides is 1. The number of pyridine rings is 1. The van der Waals surface area contributed by atoms with E-state index in [-0.39, 0.29) is 47.0 Å². The number of ether oxygens (including phenoxy) is 2. The van der Waals surface area contributed by atoms with Gasteiger partial charge in [0, 0.05) is 12.6 Å². The summed E-state index contributed by atoms with van der Waals surface area (Å²) in [6.45, 7) is -9.08. The van der Waals surface area contributed by atoms with E-state index in [2.05, 4.69) is 30.2 Å². The molecule has 7 heterocycles. The van der Waals surface area contributed by atoms with E-state index in [0.29, 0.717) is 0 Å². The maximum atomic E-state index is 16.0. The number of aromatic amines is 1. The lowest BCUT2D eigenvalue weighted by Crippen LogP contribution is -2.34. The van der Waals surface area contributed by atoms with E-state index in [1.54, 1.807) is 0 Å². The fraction of sp³-hybridized carbons (Fsp3) is 0.500. The van der Waals surface area contributed by atoms with Gasteiger partial charge in [0.25, 0.3) is 5.56 Å². The van der Waals surface area contributed by atoms with E-state index in [1.807, 2.05) is 0 Å². The number of nitrogens with one attached hydrogen (secondary N) is 1. The highest BCUT2D eigenvalue weighted by atomic mass is 32.5. The van der Waals surface area contributed by atoms with Gasteiger partial charge in [-0.3, -0.25) is 18.9 Å². The van der Waals surface area contributed by atoms with Gasteiger partial charge >= 0.3 is 13.4 Å². The minimum absolute atomic E-state index is 0.0209. The van der Waals surface area contributed by atoms with Gasteiger partial charge in [0.05, 0.1) is 31.3 Å². The van der Waals surface area contributed by atoms with Gasteiger partial charge in [0.2, 0.25) is 5.95 Å². The van der Waals surface area contributed by atoms with Crippen molar-refractivity contribution in [3.8, 4) is 0 Å². The van der Waals surface area contributed by atoms with Gasteiger partial charge in [-0.1, -0.05) is 5.21 Å². The second-order valence-electron chi connectivity index (χ2n) is 10.0. The van der Waals surface area contributed by atoms with E-state index < -0.39 is 68.6 Å². The van der Waals surface area contributed by atoms with Crippen LogP contribution in [0.2, 0.25) is 0 Å². The molecule has 2 bridgehead atoms. The van der Waals surface area contributed by atoms with Gasteiger partial charge in [0.1, 0.15) is 18.3 Å². The van der Waals surface area contributed by atoms with E-state index >= 15 is 4.39 Å². The molecule has 9 atom stereocenters. The summed E-state index contributed by atoms with van der Waals surface area (Å²) in [4.78, 5) is 49.0. The van der Waals surface area contributed by atoms with Gasteiger partial charge in [-0.05, 0) is 29.7 Å². The fourth-order valence-electron chi connectivity index (χ4n) is 5.21. The third kappa shape index (κ3) is 5.44. The SMILES string of the molecule is Nc1nc2c(ncn2[C@@H]2O[C@@H]3COP(O)(=S)O[C@@H]4C(F)[C@H](n5nnc6c(N)ccnc65)O[C@@H]4COP(O)(=S)OC2C3)c(=O)[nH]1. The fourth-order valence-corrected chi connectivity index (χ4v) is 8.11. The first-order valence-corrected chi connectivity index (χ1v) is 18.0. The van der Waals surface area contributed by atoms with E-state index in [0.717, 1.165) is 4.68 Å². The first-order chi connectivity index (χ1) is 20.9. The Balaban J connectivity index is 1.19. The minimum Gasteiger partial charge on any atom is -0.397 e. The van der Waals surface area contributed by atoms with Crippen molar-refractivity contribution in [3.63, 3.8) is 0 Å². The van der Waals surface area contributed by atoms with Crippen molar-refractivity contribution in [1.29, 1.82) is 0 Å². The highest BCUT2D eigenvalue weighted by Crippen LogP contribution is 2.54. The molecule has 0 aromatic carbocycles. The van der Waals surface area contributed by atoms with Crippen LogP contribution < -0.4 is 17.0 Å². The zero-order valence-electron chi connectivity index (χ0n) is 22.0. The summed E-state index contributed by atoms with van der Waals surface area (Å²) in [5.74, 6) is -0.163. The molecular weight excluding hydrogens is 669 g/mol. The van der Waals surface area contributed by atoms with Crippen LogP contribution in [0.15, 0.2) is 23.4 Å². The normalized spacial score (nSPS) is 36.6. The Morgan fingerprint density at radius 1 is 1.02 bits per heavy atom. The average molecular weight is 693 g/mol. The highest BCUT2D eigenvalue weighted by molar-refractivity contribution is 8.07. The van der Waals surface area contributed by atoms with Gasteiger partial charge in [-0.25, -0.2) is 14.4 Å². The molecular formula is C20H23FN10O9P2S2. The van der Waals surface area contributed by atoms with Gasteiger partial charge in [-0.15, -0.1) is 5.10 Å². The van der Waals surface area contributed by atoms with Crippen LogP contribution in [-0.4, -0.2) is 93.1 Å². The van der Waals surface area contributed by atoms with E-state index in [4.69, 9.17) is 62.6 Å². The topological polar surface area (TPSA) is 255 Å². The Kier molecular flexibility index (Phi) is 7.55. The minimum atomic E-state index is -4.13. The Hall–Kier alpha value is -2.59. The zero-order chi connectivity index (χ0) is 31.0. The molecule has 44 heavy (non-hydrogen) atoms.